The lowest BCUT2D eigenvalue weighted by Crippen LogP contribution is -2.10. The lowest BCUT2D eigenvalue weighted by Gasteiger charge is -2.13. The van der Waals surface area contributed by atoms with Crippen LogP contribution >= 0.6 is 11.3 Å². The SMILES string of the molecule is c1ccc(-c2ccnn2Cn2c3ccccc3c3c4c5ccccc5sc4c4ccccc4c32)cc1. The van der Waals surface area contributed by atoms with Gasteiger partial charge in [-0.1, -0.05) is 91.0 Å². The topological polar surface area (TPSA) is 22.8 Å². The van der Waals surface area contributed by atoms with Crippen LogP contribution in [0.5, 0.6) is 0 Å². The average Bonchev–Trinajstić information content (AvgIpc) is 3.64. The number of fused-ring (bicyclic) bond motifs is 10. The van der Waals surface area contributed by atoms with Crippen LogP contribution in [0.2, 0.25) is 0 Å². The van der Waals surface area contributed by atoms with E-state index in [1.807, 2.05) is 17.5 Å². The summed E-state index contributed by atoms with van der Waals surface area (Å²) in [5, 5.41) is 12.7. The van der Waals surface area contributed by atoms with Crippen molar-refractivity contribution in [1.82, 2.24) is 14.3 Å². The first-order valence-electron chi connectivity index (χ1n) is 12.2. The fraction of sp³-hybridized carbons (Fsp3) is 0.0312. The van der Waals surface area contributed by atoms with E-state index < -0.39 is 0 Å². The van der Waals surface area contributed by atoms with Crippen molar-refractivity contribution in [3.05, 3.63) is 115 Å². The highest BCUT2D eigenvalue weighted by molar-refractivity contribution is 7.27. The Morgan fingerprint density at radius 3 is 2.17 bits per heavy atom. The van der Waals surface area contributed by atoms with Crippen molar-refractivity contribution in [3.8, 4) is 11.3 Å². The molecule has 5 aromatic carbocycles. The maximum Gasteiger partial charge on any atom is 0.117 e. The van der Waals surface area contributed by atoms with Crippen molar-refractivity contribution in [1.29, 1.82) is 0 Å². The molecule has 8 aromatic rings. The number of hydrogen-bond acceptors (Lipinski definition) is 2. The number of para-hydroxylation sites is 1. The Bertz CT molecular complexity index is 2080. The predicted molar refractivity (Wildman–Crippen MR) is 153 cm³/mol. The molecule has 3 heterocycles. The molecule has 0 saturated carbocycles. The zero-order valence-electron chi connectivity index (χ0n) is 19.4. The molecule has 0 atom stereocenters. The van der Waals surface area contributed by atoms with E-state index in [2.05, 4.69) is 118 Å². The highest BCUT2D eigenvalue weighted by Gasteiger charge is 2.21. The molecule has 0 spiro atoms. The van der Waals surface area contributed by atoms with Gasteiger partial charge in [-0.2, -0.15) is 5.10 Å². The van der Waals surface area contributed by atoms with Crippen LogP contribution in [0, 0.1) is 0 Å². The van der Waals surface area contributed by atoms with Crippen LogP contribution in [0.1, 0.15) is 0 Å². The highest BCUT2D eigenvalue weighted by atomic mass is 32.1. The van der Waals surface area contributed by atoms with E-state index in [9.17, 15) is 0 Å². The van der Waals surface area contributed by atoms with Crippen molar-refractivity contribution in [3.63, 3.8) is 0 Å². The molecule has 0 aliphatic heterocycles. The van der Waals surface area contributed by atoms with Crippen LogP contribution in [-0.4, -0.2) is 14.3 Å². The minimum absolute atomic E-state index is 0.638. The molecule has 8 rings (SSSR count). The van der Waals surface area contributed by atoms with E-state index >= 15 is 0 Å². The van der Waals surface area contributed by atoms with Crippen molar-refractivity contribution in [2.75, 3.05) is 0 Å². The Balaban J connectivity index is 1.54. The van der Waals surface area contributed by atoms with Crippen molar-refractivity contribution < 1.29 is 0 Å². The second-order valence-electron chi connectivity index (χ2n) is 9.24. The third-order valence-electron chi connectivity index (χ3n) is 7.30. The van der Waals surface area contributed by atoms with Gasteiger partial charge in [0.25, 0.3) is 0 Å². The fourth-order valence-corrected chi connectivity index (χ4v) is 7.04. The molecule has 0 aliphatic rings. The van der Waals surface area contributed by atoms with Crippen LogP contribution in [-0.2, 0) is 6.67 Å². The van der Waals surface area contributed by atoms with E-state index in [0.717, 1.165) is 5.69 Å². The fourth-order valence-electron chi connectivity index (χ4n) is 5.79. The van der Waals surface area contributed by atoms with Gasteiger partial charge in [0.15, 0.2) is 0 Å². The average molecular weight is 480 g/mol. The zero-order chi connectivity index (χ0) is 23.6. The van der Waals surface area contributed by atoms with Gasteiger partial charge in [-0.3, -0.25) is 0 Å². The second-order valence-corrected chi connectivity index (χ2v) is 10.3. The quantitative estimate of drug-likeness (QED) is 0.248. The minimum atomic E-state index is 0.638. The molecule has 0 unspecified atom stereocenters. The molecule has 3 nitrogen and oxygen atoms in total. The van der Waals surface area contributed by atoms with Gasteiger partial charge < -0.3 is 4.57 Å². The molecule has 0 amide bonds. The van der Waals surface area contributed by atoms with Gasteiger partial charge in [-0.15, -0.1) is 11.3 Å². The number of benzene rings is 5. The third kappa shape index (κ3) is 2.70. The number of nitrogens with zero attached hydrogens (tertiary/aromatic N) is 3. The molecule has 3 aromatic heterocycles. The van der Waals surface area contributed by atoms with Crippen molar-refractivity contribution in [2.24, 2.45) is 0 Å². The Labute approximate surface area is 211 Å². The first kappa shape index (κ1) is 19.8. The molecule has 0 saturated heterocycles. The maximum absolute atomic E-state index is 4.76. The molecule has 0 radical (unpaired) electrons. The van der Waals surface area contributed by atoms with E-state index in [-0.39, 0.29) is 0 Å². The first-order valence-corrected chi connectivity index (χ1v) is 13.0. The van der Waals surface area contributed by atoms with Crippen LogP contribution in [0.25, 0.3) is 64.0 Å². The van der Waals surface area contributed by atoms with Crippen LogP contribution < -0.4 is 0 Å². The minimum Gasteiger partial charge on any atom is -0.320 e. The summed E-state index contributed by atoms with van der Waals surface area (Å²) in [6, 6.07) is 39.1. The summed E-state index contributed by atoms with van der Waals surface area (Å²) < 4.78 is 7.27. The monoisotopic (exact) mass is 479 g/mol. The van der Waals surface area contributed by atoms with Gasteiger partial charge >= 0.3 is 0 Å². The first-order chi connectivity index (χ1) is 17.9. The number of rotatable bonds is 3. The standard InChI is InChI=1S/C32H21N3S/c1-2-10-21(11-3-1)26-18-19-33-35(26)20-34-27-16-8-6-14-24(27)29-30-25-15-7-9-17-28(25)36-32(30)23-13-5-4-12-22(23)31(29)34/h1-19H,20H2. The van der Waals surface area contributed by atoms with Gasteiger partial charge in [0.2, 0.25) is 0 Å². The van der Waals surface area contributed by atoms with E-state index in [1.54, 1.807) is 0 Å². The second kappa shape index (κ2) is 7.54. The Morgan fingerprint density at radius 2 is 1.31 bits per heavy atom. The summed E-state index contributed by atoms with van der Waals surface area (Å²) in [4.78, 5) is 0. The van der Waals surface area contributed by atoms with Gasteiger partial charge in [-0.05, 0) is 23.8 Å². The summed E-state index contributed by atoms with van der Waals surface area (Å²) in [5.74, 6) is 0. The van der Waals surface area contributed by atoms with Crippen LogP contribution in [0.4, 0.5) is 0 Å². The Morgan fingerprint density at radius 1 is 0.611 bits per heavy atom. The Hall–Kier alpha value is -4.41. The van der Waals surface area contributed by atoms with Crippen LogP contribution in [0.3, 0.4) is 0 Å². The molecular formula is C32H21N3S. The number of aromatic nitrogens is 3. The van der Waals surface area contributed by atoms with Gasteiger partial charge in [-0.25, -0.2) is 4.68 Å². The lowest BCUT2D eigenvalue weighted by atomic mass is 10.00. The molecule has 0 N–H and O–H groups in total. The molecule has 0 bridgehead atoms. The zero-order valence-corrected chi connectivity index (χ0v) is 20.2. The van der Waals surface area contributed by atoms with Gasteiger partial charge in [0.05, 0.1) is 16.7 Å². The summed E-state index contributed by atoms with van der Waals surface area (Å²) >= 11 is 1.90. The largest absolute Gasteiger partial charge is 0.320 e. The Kier molecular flexibility index (Phi) is 4.16. The summed E-state index contributed by atoms with van der Waals surface area (Å²) in [5.41, 5.74) is 4.80. The van der Waals surface area contributed by atoms with Crippen molar-refractivity contribution >= 4 is 64.1 Å². The normalized spacial score (nSPS) is 12.0. The molecular weight excluding hydrogens is 458 g/mol. The highest BCUT2D eigenvalue weighted by Crippen LogP contribution is 2.47. The summed E-state index contributed by atoms with van der Waals surface area (Å²) in [6.07, 6.45) is 1.90. The molecule has 36 heavy (non-hydrogen) atoms. The summed E-state index contributed by atoms with van der Waals surface area (Å²) in [6.45, 7) is 0.638. The summed E-state index contributed by atoms with van der Waals surface area (Å²) in [7, 11) is 0. The molecule has 0 fully saturated rings. The smallest absolute Gasteiger partial charge is 0.117 e. The number of hydrogen-bond donors (Lipinski definition) is 0. The van der Waals surface area contributed by atoms with Gasteiger partial charge in [0, 0.05) is 47.9 Å². The number of thiophene rings is 1. The van der Waals surface area contributed by atoms with Crippen molar-refractivity contribution in [2.45, 2.75) is 6.67 Å². The van der Waals surface area contributed by atoms with Gasteiger partial charge in [0.1, 0.15) is 6.67 Å². The third-order valence-corrected chi connectivity index (χ3v) is 8.51. The molecule has 0 aliphatic carbocycles. The predicted octanol–water partition coefficient (Wildman–Crippen LogP) is 8.68. The molecule has 4 heteroatoms. The maximum atomic E-state index is 4.76. The lowest BCUT2D eigenvalue weighted by molar-refractivity contribution is 0.580. The van der Waals surface area contributed by atoms with E-state index in [0.29, 0.717) is 6.67 Å². The van der Waals surface area contributed by atoms with E-state index in [4.69, 9.17) is 5.10 Å². The van der Waals surface area contributed by atoms with Crippen LogP contribution in [0.15, 0.2) is 115 Å². The molecule has 170 valence electrons. The van der Waals surface area contributed by atoms with E-state index in [1.165, 1.54) is 58.3 Å².